The molecule has 0 spiro atoms. The summed E-state index contributed by atoms with van der Waals surface area (Å²) in [6.45, 7) is 19.0. The van der Waals surface area contributed by atoms with Crippen molar-refractivity contribution in [2.24, 2.45) is 0 Å². The van der Waals surface area contributed by atoms with Crippen molar-refractivity contribution in [1.29, 1.82) is 0 Å². The van der Waals surface area contributed by atoms with Crippen LogP contribution in [0.3, 0.4) is 0 Å². The number of aliphatic hydroxyl groups is 1. The molecule has 6 aromatic rings. The zero-order valence-electron chi connectivity index (χ0n) is 54.8. The molecule has 36 nitrogen and oxygen atoms in total. The normalized spacial score (nSPS) is 13.6. The molecule has 0 aliphatic rings. The van der Waals surface area contributed by atoms with Gasteiger partial charge in [-0.15, -0.1) is 42.1 Å². The van der Waals surface area contributed by atoms with Gasteiger partial charge in [-0.2, -0.15) is 0 Å². The molecule has 0 aliphatic heterocycles. The van der Waals surface area contributed by atoms with Crippen LogP contribution in [0.1, 0.15) is 103 Å². The van der Waals surface area contributed by atoms with Gasteiger partial charge in [0.1, 0.15) is 73.2 Å². The lowest BCUT2D eigenvalue weighted by Crippen LogP contribution is -2.35. The van der Waals surface area contributed by atoms with Crippen LogP contribution in [0.15, 0.2) is 37.2 Å². The highest BCUT2D eigenvalue weighted by molar-refractivity contribution is 6.87. The Kier molecular flexibility index (Phi) is 29.4. The Hall–Kier alpha value is -8.80. The molecular weight excluding hydrogens is 1250 g/mol. The number of rotatable bonds is 41. The summed E-state index contributed by atoms with van der Waals surface area (Å²) in [5.41, 5.74) is 6.50. The van der Waals surface area contributed by atoms with Crippen LogP contribution >= 0.6 is 0 Å². The Bertz CT molecular complexity index is 3420. The largest absolute Gasteiger partial charge is 0.458 e. The lowest BCUT2D eigenvalue weighted by Gasteiger charge is -2.31. The molecule has 0 unspecified atom stereocenters. The summed E-state index contributed by atoms with van der Waals surface area (Å²) in [6, 6.07) is 0. The molecule has 6 rings (SSSR count). The van der Waals surface area contributed by atoms with Crippen LogP contribution in [-0.4, -0.2) is 215 Å². The van der Waals surface area contributed by atoms with Crippen LogP contribution in [0.2, 0.25) is 18.1 Å². The fourth-order valence-electron chi connectivity index (χ4n) is 8.56. The smallest absolute Gasteiger partial charge is 0.303 e. The van der Waals surface area contributed by atoms with E-state index in [1.54, 1.807) is 35.7 Å². The summed E-state index contributed by atoms with van der Waals surface area (Å²) in [5.74, 6) is 0.156. The minimum Gasteiger partial charge on any atom is -0.458 e. The first kappa shape index (κ1) is 74.2. The number of carbonyl (C=O) groups excluding carboxylic acids is 6. The van der Waals surface area contributed by atoms with Crippen LogP contribution in [-0.2, 0) is 160 Å². The van der Waals surface area contributed by atoms with E-state index in [4.69, 9.17) is 52.1 Å². The van der Waals surface area contributed by atoms with Crippen LogP contribution in [0.25, 0.3) is 0 Å². The van der Waals surface area contributed by atoms with E-state index in [1.807, 2.05) is 6.20 Å². The van der Waals surface area contributed by atoms with E-state index >= 15 is 0 Å². The van der Waals surface area contributed by atoms with Gasteiger partial charge in [0.2, 0.25) is 0 Å². The standard InChI is InChI=1S/C57H84N18O18Si/c1-39(77)88-51(28-76)22-71-17-46(59-65-71)29-83-35-53(90-41(3)79)24-73-19-48(61-67-73)31-85-37-55(92-43(5)81)26-75-21-50(63-69-75)33-87-38-56(93-44(6)82)27-74-20-49(62-68-74)32-86-36-54(91-42(4)80)25-72-18-47(60-66-72)30-84-34-52(89-40(2)78)23-70-16-45(58-64-70)14-12-13-15-94(10,11)57(7,8)9/h16-21,51-56,76H,12,14,22-38H2,1-11H3/t51-,52-,53-,54-,55-,56-/m1/s1. The van der Waals surface area contributed by atoms with Crippen molar-refractivity contribution in [3.05, 3.63) is 71.3 Å². The van der Waals surface area contributed by atoms with Gasteiger partial charge in [0.25, 0.3) is 0 Å². The fourth-order valence-corrected chi connectivity index (χ4v) is 9.50. The molecule has 6 heterocycles. The van der Waals surface area contributed by atoms with Gasteiger partial charge in [-0.25, -0.2) is 28.1 Å². The summed E-state index contributed by atoms with van der Waals surface area (Å²) in [5, 5.41) is 59.3. The number of hydrogen-bond donors (Lipinski definition) is 1. The first-order chi connectivity index (χ1) is 44.7. The third-order valence-electron chi connectivity index (χ3n) is 13.6. The topological polar surface area (TPSA) is 408 Å². The maximum absolute atomic E-state index is 12.1. The minimum atomic E-state index is -1.71. The third-order valence-corrected chi connectivity index (χ3v) is 18.2. The maximum Gasteiger partial charge on any atom is 0.303 e. The summed E-state index contributed by atoms with van der Waals surface area (Å²) in [4.78, 5) is 71.4. The Balaban J connectivity index is 0.894. The first-order valence-corrected chi connectivity index (χ1v) is 33.1. The SMILES string of the molecule is CC(=O)O[C@@H](CO)Cn1cc(COC[C@@H](Cn2cc(COC[C@@H](Cn3cc(COC[C@@H](Cn4cc(COC[C@@H](Cn5cc(COC[C@@H](Cn6cc(CCC#C[Si](C)(C)C(C)(C)C)nn6)OC(C)=O)nn5)OC(C)=O)nn4)OC(C)=O)nn3)OC(C)=O)nn2)OC(C)=O)nn1. The maximum atomic E-state index is 12.1. The second kappa shape index (κ2) is 37.2. The molecule has 0 saturated heterocycles. The number of carbonyl (C=O) groups is 6. The number of aromatic nitrogens is 18. The molecule has 37 heteroatoms. The van der Waals surface area contributed by atoms with E-state index in [-0.39, 0.29) is 110 Å². The zero-order valence-corrected chi connectivity index (χ0v) is 55.8. The van der Waals surface area contributed by atoms with Crippen molar-refractivity contribution in [1.82, 2.24) is 90.0 Å². The molecule has 94 heavy (non-hydrogen) atoms. The highest BCUT2D eigenvalue weighted by Gasteiger charge is 2.33. The fraction of sp³-hybridized carbons (Fsp3) is 0.649. The van der Waals surface area contributed by atoms with E-state index in [0.29, 0.717) is 41.3 Å². The Morgan fingerprint density at radius 3 is 0.862 bits per heavy atom. The molecule has 6 atom stereocenters. The van der Waals surface area contributed by atoms with Crippen molar-refractivity contribution >= 4 is 43.9 Å². The molecule has 0 amide bonds. The Morgan fingerprint density at radius 1 is 0.404 bits per heavy atom. The molecule has 0 radical (unpaired) electrons. The van der Waals surface area contributed by atoms with E-state index in [9.17, 15) is 33.9 Å². The van der Waals surface area contributed by atoms with Crippen molar-refractivity contribution < 1.29 is 86.0 Å². The van der Waals surface area contributed by atoms with Gasteiger partial charge >= 0.3 is 35.8 Å². The van der Waals surface area contributed by atoms with Gasteiger partial charge in [-0.3, -0.25) is 28.8 Å². The van der Waals surface area contributed by atoms with Crippen molar-refractivity contribution in [2.45, 2.75) is 202 Å². The highest BCUT2D eigenvalue weighted by atomic mass is 28.3. The molecule has 0 bridgehead atoms. The number of nitrogens with zero attached hydrogens (tertiary/aromatic N) is 18. The van der Waals surface area contributed by atoms with E-state index in [0.717, 1.165) is 5.69 Å². The van der Waals surface area contributed by atoms with E-state index < -0.39 is 87.1 Å². The predicted octanol–water partition coefficient (Wildman–Crippen LogP) is 0.886. The molecular formula is C57H84N18O18Si. The number of hydrogen-bond acceptors (Lipinski definition) is 30. The molecule has 0 aromatic carbocycles. The van der Waals surface area contributed by atoms with Gasteiger partial charge in [0.05, 0.1) is 149 Å². The average molecular weight is 1340 g/mol. The monoisotopic (exact) mass is 1340 g/mol. The molecule has 0 saturated carbocycles. The zero-order chi connectivity index (χ0) is 68.2. The summed E-state index contributed by atoms with van der Waals surface area (Å²) < 4.78 is 70.6. The Morgan fingerprint density at radius 2 is 0.628 bits per heavy atom. The van der Waals surface area contributed by atoms with Crippen molar-refractivity contribution in [3.8, 4) is 11.5 Å². The molecule has 514 valence electrons. The quantitative estimate of drug-likeness (QED) is 0.0241. The second-order valence-corrected chi connectivity index (χ2v) is 28.4. The van der Waals surface area contributed by atoms with Gasteiger partial charge in [0, 0.05) is 60.6 Å². The van der Waals surface area contributed by atoms with Crippen LogP contribution in [0.4, 0.5) is 0 Å². The Labute approximate surface area is 542 Å². The lowest BCUT2D eigenvalue weighted by atomic mass is 10.2. The van der Waals surface area contributed by atoms with Gasteiger partial charge in [0.15, 0.2) is 0 Å². The number of esters is 6. The predicted molar refractivity (Wildman–Crippen MR) is 322 cm³/mol. The summed E-state index contributed by atoms with van der Waals surface area (Å²) in [6.07, 6.45) is 6.60. The number of ether oxygens (including phenoxy) is 11. The van der Waals surface area contributed by atoms with E-state index in [2.05, 4.69) is 107 Å². The third kappa shape index (κ3) is 27.8. The lowest BCUT2D eigenvalue weighted by molar-refractivity contribution is -0.151. The average Bonchev–Trinajstić information content (AvgIpc) is 1.40. The van der Waals surface area contributed by atoms with Crippen molar-refractivity contribution in [2.75, 3.05) is 39.6 Å². The van der Waals surface area contributed by atoms with Crippen LogP contribution in [0, 0.1) is 11.5 Å². The first-order valence-electron chi connectivity index (χ1n) is 30.1. The summed E-state index contributed by atoms with van der Waals surface area (Å²) in [7, 11) is -1.71. The second-order valence-electron chi connectivity index (χ2n) is 23.4. The van der Waals surface area contributed by atoms with Crippen molar-refractivity contribution in [3.63, 3.8) is 0 Å². The molecule has 0 fully saturated rings. The van der Waals surface area contributed by atoms with Crippen LogP contribution in [0.5, 0.6) is 0 Å². The van der Waals surface area contributed by atoms with Gasteiger partial charge in [-0.1, -0.05) is 65.1 Å². The molecule has 1 N–H and O–H groups in total. The molecule has 0 aliphatic carbocycles. The highest BCUT2D eigenvalue weighted by Crippen LogP contribution is 2.35. The summed E-state index contributed by atoms with van der Waals surface area (Å²) >= 11 is 0. The van der Waals surface area contributed by atoms with Crippen LogP contribution < -0.4 is 0 Å². The van der Waals surface area contributed by atoms with E-state index in [1.165, 1.54) is 65.0 Å². The van der Waals surface area contributed by atoms with Gasteiger partial charge < -0.3 is 57.2 Å². The number of aliphatic hydroxyl groups excluding tert-OH is 1. The van der Waals surface area contributed by atoms with Gasteiger partial charge in [-0.05, 0) is 5.04 Å². The molecule has 6 aromatic heterocycles. The minimum absolute atomic E-state index is 0.00909. The number of aryl methyl sites for hydroxylation is 1.